The molecule has 0 aliphatic heterocycles. The predicted molar refractivity (Wildman–Crippen MR) is 115 cm³/mol. The number of benzene rings is 1. The van der Waals surface area contributed by atoms with E-state index in [1.165, 1.54) is 6.26 Å². The fourth-order valence-corrected chi connectivity index (χ4v) is 3.64. The highest BCUT2D eigenvalue weighted by Gasteiger charge is 2.22. The van der Waals surface area contributed by atoms with Crippen molar-refractivity contribution in [3.63, 3.8) is 0 Å². The maximum Gasteiger partial charge on any atom is 0.308 e. The van der Waals surface area contributed by atoms with Crippen molar-refractivity contribution in [1.29, 1.82) is 0 Å². The zero-order valence-electron chi connectivity index (χ0n) is 17.0. The minimum Gasteiger partial charge on any atom is -0.497 e. The third kappa shape index (κ3) is 5.95. The SMILES string of the molecule is CCOC(=O)CC(NC(=O)c1ccc(NC(=O)c2ccco2)s1)c1cccc(OC)c1. The third-order valence-corrected chi connectivity index (χ3v) is 5.29. The topological polar surface area (TPSA) is 107 Å². The summed E-state index contributed by atoms with van der Waals surface area (Å²) in [5, 5.41) is 6.05. The molecule has 0 saturated heterocycles. The molecular weight excluding hydrogens is 420 g/mol. The molecule has 0 saturated carbocycles. The van der Waals surface area contributed by atoms with E-state index in [0.717, 1.165) is 11.3 Å². The Kier molecular flexibility index (Phi) is 7.45. The molecule has 0 fully saturated rings. The summed E-state index contributed by atoms with van der Waals surface area (Å²) in [5.74, 6) is -0.421. The lowest BCUT2D eigenvalue weighted by Crippen LogP contribution is -2.30. The van der Waals surface area contributed by atoms with Gasteiger partial charge in [-0.1, -0.05) is 12.1 Å². The minimum atomic E-state index is -0.607. The second kappa shape index (κ2) is 10.4. The number of rotatable bonds is 9. The van der Waals surface area contributed by atoms with Gasteiger partial charge in [0, 0.05) is 0 Å². The Labute approximate surface area is 183 Å². The number of furan rings is 1. The second-order valence-electron chi connectivity index (χ2n) is 6.41. The summed E-state index contributed by atoms with van der Waals surface area (Å²) < 4.78 is 15.3. The van der Waals surface area contributed by atoms with Crippen LogP contribution in [-0.2, 0) is 9.53 Å². The van der Waals surface area contributed by atoms with Crippen LogP contribution in [0.5, 0.6) is 5.75 Å². The summed E-state index contributed by atoms with van der Waals surface area (Å²) in [5.41, 5.74) is 0.712. The molecule has 1 unspecified atom stereocenters. The number of carbonyl (C=O) groups is 3. The fourth-order valence-electron chi connectivity index (χ4n) is 2.83. The minimum absolute atomic E-state index is 0.0276. The van der Waals surface area contributed by atoms with Crippen molar-refractivity contribution in [3.8, 4) is 5.75 Å². The Morgan fingerprint density at radius 2 is 1.94 bits per heavy atom. The first-order valence-electron chi connectivity index (χ1n) is 9.55. The van der Waals surface area contributed by atoms with Crippen LogP contribution in [0.2, 0.25) is 0 Å². The molecule has 31 heavy (non-hydrogen) atoms. The van der Waals surface area contributed by atoms with E-state index in [-0.39, 0.29) is 24.7 Å². The summed E-state index contributed by atoms with van der Waals surface area (Å²) >= 11 is 1.11. The second-order valence-corrected chi connectivity index (χ2v) is 7.49. The van der Waals surface area contributed by atoms with Gasteiger partial charge in [-0.05, 0) is 48.9 Å². The molecule has 2 heterocycles. The van der Waals surface area contributed by atoms with Crippen LogP contribution in [0.25, 0.3) is 0 Å². The summed E-state index contributed by atoms with van der Waals surface area (Å²) in [6.07, 6.45) is 1.38. The molecule has 1 aromatic carbocycles. The van der Waals surface area contributed by atoms with E-state index in [2.05, 4.69) is 10.6 Å². The standard InChI is InChI=1S/C22H22N2O6S/c1-3-29-20(25)13-16(14-6-4-7-15(12-14)28-2)23-22(27)18-9-10-19(31-18)24-21(26)17-8-5-11-30-17/h4-12,16H,3,13H2,1-2H3,(H,23,27)(H,24,26). The Morgan fingerprint density at radius 3 is 2.65 bits per heavy atom. The number of thiophene rings is 1. The summed E-state index contributed by atoms with van der Waals surface area (Å²) in [7, 11) is 1.54. The quantitative estimate of drug-likeness (QED) is 0.485. The molecule has 2 aromatic heterocycles. The zero-order chi connectivity index (χ0) is 22.2. The van der Waals surface area contributed by atoms with Crippen LogP contribution in [0.3, 0.4) is 0 Å². The van der Waals surface area contributed by atoms with E-state index in [4.69, 9.17) is 13.9 Å². The van der Waals surface area contributed by atoms with Crippen molar-refractivity contribution in [3.05, 3.63) is 71.0 Å². The maximum absolute atomic E-state index is 12.8. The number of anilines is 1. The molecule has 0 aliphatic carbocycles. The average Bonchev–Trinajstić information content (AvgIpc) is 3.46. The van der Waals surface area contributed by atoms with Gasteiger partial charge in [-0.2, -0.15) is 0 Å². The Balaban J connectivity index is 1.73. The van der Waals surface area contributed by atoms with Gasteiger partial charge in [-0.25, -0.2) is 0 Å². The predicted octanol–water partition coefficient (Wildman–Crippen LogP) is 4.03. The molecule has 0 bridgehead atoms. The van der Waals surface area contributed by atoms with E-state index in [0.29, 0.717) is 21.2 Å². The number of hydrogen-bond donors (Lipinski definition) is 2. The molecule has 0 spiro atoms. The van der Waals surface area contributed by atoms with Gasteiger partial charge >= 0.3 is 5.97 Å². The van der Waals surface area contributed by atoms with E-state index >= 15 is 0 Å². The van der Waals surface area contributed by atoms with E-state index in [9.17, 15) is 14.4 Å². The highest BCUT2D eigenvalue weighted by atomic mass is 32.1. The van der Waals surface area contributed by atoms with Gasteiger partial charge in [-0.15, -0.1) is 11.3 Å². The summed E-state index contributed by atoms with van der Waals surface area (Å²) in [6, 6.07) is 12.9. The molecule has 3 aromatic rings. The lowest BCUT2D eigenvalue weighted by atomic mass is 10.0. The largest absolute Gasteiger partial charge is 0.497 e. The van der Waals surface area contributed by atoms with Crippen LogP contribution in [-0.4, -0.2) is 31.5 Å². The zero-order valence-corrected chi connectivity index (χ0v) is 17.9. The first-order valence-corrected chi connectivity index (χ1v) is 10.4. The van der Waals surface area contributed by atoms with Crippen LogP contribution in [0.4, 0.5) is 5.00 Å². The number of ether oxygens (including phenoxy) is 2. The van der Waals surface area contributed by atoms with Gasteiger partial charge in [0.05, 0.1) is 42.3 Å². The van der Waals surface area contributed by atoms with Gasteiger partial charge < -0.3 is 24.5 Å². The number of carbonyl (C=O) groups excluding carboxylic acids is 3. The average molecular weight is 442 g/mol. The van der Waals surface area contributed by atoms with Gasteiger partial charge in [0.2, 0.25) is 0 Å². The van der Waals surface area contributed by atoms with Crippen molar-refractivity contribution in [2.75, 3.05) is 19.0 Å². The van der Waals surface area contributed by atoms with Crippen LogP contribution in [0.1, 0.15) is 45.2 Å². The van der Waals surface area contributed by atoms with Crippen molar-refractivity contribution in [1.82, 2.24) is 5.32 Å². The maximum atomic E-state index is 12.8. The van der Waals surface area contributed by atoms with Crippen LogP contribution >= 0.6 is 11.3 Å². The Bertz CT molecular complexity index is 1040. The number of esters is 1. The summed E-state index contributed by atoms with van der Waals surface area (Å²) in [6.45, 7) is 1.97. The Hall–Kier alpha value is -3.59. The molecule has 1 atom stereocenters. The van der Waals surface area contributed by atoms with E-state index in [1.54, 1.807) is 62.6 Å². The molecule has 3 rings (SSSR count). The molecular formula is C22H22N2O6S. The molecule has 9 heteroatoms. The third-order valence-electron chi connectivity index (χ3n) is 4.29. The smallest absolute Gasteiger partial charge is 0.308 e. The molecule has 2 N–H and O–H groups in total. The first-order chi connectivity index (χ1) is 15.0. The molecule has 0 aliphatic rings. The fraction of sp³-hybridized carbons (Fsp3) is 0.227. The lowest BCUT2D eigenvalue weighted by Gasteiger charge is -2.19. The molecule has 0 radical (unpaired) electrons. The van der Waals surface area contributed by atoms with Gasteiger partial charge in [0.15, 0.2) is 5.76 Å². The van der Waals surface area contributed by atoms with Crippen molar-refractivity contribution in [2.45, 2.75) is 19.4 Å². The first kappa shape index (κ1) is 22.1. The molecule has 8 nitrogen and oxygen atoms in total. The summed E-state index contributed by atoms with van der Waals surface area (Å²) in [4.78, 5) is 37.4. The highest BCUT2D eigenvalue weighted by molar-refractivity contribution is 7.18. The number of hydrogen-bond acceptors (Lipinski definition) is 7. The molecule has 2 amide bonds. The van der Waals surface area contributed by atoms with Gasteiger partial charge in [0.1, 0.15) is 5.75 Å². The normalized spacial score (nSPS) is 11.4. The number of nitrogens with one attached hydrogen (secondary N) is 2. The van der Waals surface area contributed by atoms with Crippen LogP contribution < -0.4 is 15.4 Å². The van der Waals surface area contributed by atoms with Gasteiger partial charge in [-0.3, -0.25) is 14.4 Å². The van der Waals surface area contributed by atoms with Gasteiger partial charge in [0.25, 0.3) is 11.8 Å². The lowest BCUT2D eigenvalue weighted by molar-refractivity contribution is -0.143. The highest BCUT2D eigenvalue weighted by Crippen LogP contribution is 2.26. The Morgan fingerprint density at radius 1 is 1.10 bits per heavy atom. The van der Waals surface area contributed by atoms with E-state index in [1.807, 2.05) is 0 Å². The van der Waals surface area contributed by atoms with Crippen LogP contribution in [0.15, 0.2) is 59.2 Å². The molecule has 162 valence electrons. The number of methoxy groups -OCH3 is 1. The number of amides is 2. The monoisotopic (exact) mass is 442 g/mol. The van der Waals surface area contributed by atoms with E-state index < -0.39 is 17.9 Å². The van der Waals surface area contributed by atoms with Crippen LogP contribution in [0, 0.1) is 0 Å². The van der Waals surface area contributed by atoms with Crippen molar-refractivity contribution in [2.24, 2.45) is 0 Å². The van der Waals surface area contributed by atoms with Crippen molar-refractivity contribution >= 4 is 34.1 Å². The van der Waals surface area contributed by atoms with Crippen molar-refractivity contribution < 1.29 is 28.3 Å².